The zero-order valence-electron chi connectivity index (χ0n) is 21.4. The number of thioether (sulfide) groups is 1. The van der Waals surface area contributed by atoms with Gasteiger partial charge in [0.05, 0.1) is 18.1 Å². The quantitative estimate of drug-likeness (QED) is 0.305. The number of carbonyl (C=O) groups excluding carboxylic acids is 2. The summed E-state index contributed by atoms with van der Waals surface area (Å²) in [6.45, 7) is 6.54. The maximum absolute atomic E-state index is 12.6. The van der Waals surface area contributed by atoms with E-state index in [1.807, 2.05) is 44.5 Å². The van der Waals surface area contributed by atoms with Crippen LogP contribution in [0.3, 0.4) is 0 Å². The molecule has 9 nitrogen and oxygen atoms in total. The van der Waals surface area contributed by atoms with E-state index in [0.717, 1.165) is 35.7 Å². The molecule has 0 saturated carbocycles. The fourth-order valence-electron chi connectivity index (χ4n) is 3.79. The highest BCUT2D eigenvalue weighted by atomic mass is 32.2. The lowest BCUT2D eigenvalue weighted by Crippen LogP contribution is -2.34. The Morgan fingerprint density at radius 3 is 2.47 bits per heavy atom. The number of nitrogens with two attached hydrogens (primary N) is 1. The molecule has 1 fully saturated rings. The molecule has 0 aromatic carbocycles. The smallest absolute Gasteiger partial charge is 0.232 e. The average Bonchev–Trinajstić information content (AvgIpc) is 3.41. The molecule has 4 N–H and O–H groups in total. The fourth-order valence-corrected chi connectivity index (χ4v) is 5.10. The lowest BCUT2D eigenvalue weighted by atomic mass is 9.91. The number of likely N-dealkylation sites (N-methyl/N-ethyl adjacent to an activating group) is 1. The predicted molar refractivity (Wildman–Crippen MR) is 142 cm³/mol. The highest BCUT2D eigenvalue weighted by molar-refractivity contribution is 8.00. The highest BCUT2D eigenvalue weighted by Gasteiger charge is 2.31. The van der Waals surface area contributed by atoms with Crippen LogP contribution < -0.4 is 16.0 Å². The number of anilines is 1. The summed E-state index contributed by atoms with van der Waals surface area (Å²) in [6, 6.07) is 2.00. The summed E-state index contributed by atoms with van der Waals surface area (Å²) in [5, 5.41) is 10.7. The zero-order chi connectivity index (χ0) is 26.8. The van der Waals surface area contributed by atoms with Gasteiger partial charge < -0.3 is 21.0 Å². The largest absolute Gasteiger partial charge is 0.345 e. The van der Waals surface area contributed by atoms with Crippen molar-refractivity contribution in [1.29, 1.82) is 5.41 Å². The minimum Gasteiger partial charge on any atom is -0.345 e. The molecule has 2 aliphatic rings. The summed E-state index contributed by atoms with van der Waals surface area (Å²) in [5.41, 5.74) is 7.72. The molecular weight excluding hydrogens is 481 g/mol. The van der Waals surface area contributed by atoms with Gasteiger partial charge in [-0.2, -0.15) is 0 Å². The van der Waals surface area contributed by atoms with Gasteiger partial charge in [-0.25, -0.2) is 14.4 Å². The van der Waals surface area contributed by atoms with Crippen molar-refractivity contribution in [3.8, 4) is 0 Å². The number of aldehydes is 1. The standard InChI is InChI=1S/C14H19N3OS.C9H11FN4O.C2H6/c1-9-14(6-11(8-18)17(9)2)19-12-3-4-13(16)10(5-12)7-15;1-11-7-2-8(15)14(5-7)9-12-3-6(10)4-13-9;1-2/h3-4,6-8,10,12-13,15H,5,16H2,1-2H3;3-4,7,11H,2,5H2,1H3;1-2H3. The van der Waals surface area contributed by atoms with Crippen molar-refractivity contribution < 1.29 is 14.0 Å². The normalized spacial score (nSPS) is 22.9. The number of hydrogen-bond acceptors (Lipinski definition) is 8. The van der Waals surface area contributed by atoms with E-state index in [2.05, 4.69) is 21.4 Å². The number of nitrogens with zero attached hydrogens (tertiary/aromatic N) is 4. The van der Waals surface area contributed by atoms with Crippen LogP contribution in [0.1, 0.15) is 42.9 Å². The molecule has 11 heteroatoms. The van der Waals surface area contributed by atoms with Gasteiger partial charge in [0.15, 0.2) is 12.1 Å². The Balaban J connectivity index is 0.000000243. The van der Waals surface area contributed by atoms with Gasteiger partial charge in [0.25, 0.3) is 0 Å². The van der Waals surface area contributed by atoms with Crippen molar-refractivity contribution in [2.75, 3.05) is 18.5 Å². The third-order valence-electron chi connectivity index (χ3n) is 6.07. The number of amides is 1. The van der Waals surface area contributed by atoms with Gasteiger partial charge in [0.2, 0.25) is 11.9 Å². The van der Waals surface area contributed by atoms with Gasteiger partial charge in [0, 0.05) is 60.1 Å². The Bertz CT molecular complexity index is 1060. The molecule has 3 heterocycles. The molecule has 1 aliphatic carbocycles. The van der Waals surface area contributed by atoms with Crippen molar-refractivity contribution in [3.05, 3.63) is 47.8 Å². The van der Waals surface area contributed by atoms with Gasteiger partial charge in [0.1, 0.15) is 0 Å². The second-order valence-electron chi connectivity index (χ2n) is 8.28. The maximum atomic E-state index is 12.6. The molecule has 0 bridgehead atoms. The monoisotopic (exact) mass is 517 g/mol. The minimum absolute atomic E-state index is 0.0408. The van der Waals surface area contributed by atoms with Crippen LogP contribution in [0.4, 0.5) is 10.3 Å². The second kappa shape index (κ2) is 14.0. The van der Waals surface area contributed by atoms with Crippen LogP contribution >= 0.6 is 11.8 Å². The third kappa shape index (κ3) is 7.31. The third-order valence-corrected chi connectivity index (χ3v) is 7.39. The number of rotatable bonds is 6. The average molecular weight is 518 g/mol. The molecule has 4 atom stereocenters. The van der Waals surface area contributed by atoms with Crippen molar-refractivity contribution >= 4 is 36.1 Å². The second-order valence-corrected chi connectivity index (χ2v) is 9.56. The van der Waals surface area contributed by atoms with Crippen LogP contribution in [0.25, 0.3) is 0 Å². The maximum Gasteiger partial charge on any atom is 0.232 e. The Morgan fingerprint density at radius 1 is 1.28 bits per heavy atom. The van der Waals surface area contributed by atoms with Gasteiger partial charge in [-0.05, 0) is 26.5 Å². The summed E-state index contributed by atoms with van der Waals surface area (Å²) in [7, 11) is 3.70. The van der Waals surface area contributed by atoms with E-state index in [9.17, 15) is 14.0 Å². The van der Waals surface area contributed by atoms with Crippen molar-refractivity contribution in [1.82, 2.24) is 19.9 Å². The first-order chi connectivity index (χ1) is 17.3. The Kier molecular flexibility index (Phi) is 11.4. The number of hydrogen-bond donors (Lipinski definition) is 3. The Hall–Kier alpha value is -2.89. The van der Waals surface area contributed by atoms with E-state index >= 15 is 0 Å². The molecule has 2 aromatic heterocycles. The van der Waals surface area contributed by atoms with Crippen LogP contribution in [0.2, 0.25) is 0 Å². The molecular formula is C25H36FN7O2S. The van der Waals surface area contributed by atoms with Gasteiger partial charge in [-0.15, -0.1) is 11.8 Å². The summed E-state index contributed by atoms with van der Waals surface area (Å²) in [5.74, 6) is -0.173. The number of halogens is 1. The van der Waals surface area contributed by atoms with Gasteiger partial charge in [-0.1, -0.05) is 26.0 Å². The first kappa shape index (κ1) is 29.3. The predicted octanol–water partition coefficient (Wildman–Crippen LogP) is 3.13. The molecule has 0 radical (unpaired) electrons. The molecule has 196 valence electrons. The highest BCUT2D eigenvalue weighted by Crippen LogP contribution is 2.34. The van der Waals surface area contributed by atoms with E-state index in [1.165, 1.54) is 11.1 Å². The lowest BCUT2D eigenvalue weighted by Gasteiger charge is -2.26. The fraction of sp³-hybridized carbons (Fsp3) is 0.480. The van der Waals surface area contributed by atoms with E-state index in [-0.39, 0.29) is 29.9 Å². The van der Waals surface area contributed by atoms with Gasteiger partial charge in [-0.3, -0.25) is 14.5 Å². The molecule has 4 rings (SSSR count). The summed E-state index contributed by atoms with van der Waals surface area (Å²) >= 11 is 1.74. The first-order valence-electron chi connectivity index (χ1n) is 11.9. The molecule has 1 saturated heterocycles. The molecule has 0 spiro atoms. The van der Waals surface area contributed by atoms with E-state index in [4.69, 9.17) is 11.1 Å². The first-order valence-corrected chi connectivity index (χ1v) is 12.8. The Labute approximate surface area is 216 Å². The summed E-state index contributed by atoms with van der Waals surface area (Å²) in [4.78, 5) is 32.6. The van der Waals surface area contributed by atoms with Crippen molar-refractivity contribution in [3.63, 3.8) is 0 Å². The van der Waals surface area contributed by atoms with Gasteiger partial charge >= 0.3 is 0 Å². The van der Waals surface area contributed by atoms with Crippen molar-refractivity contribution in [2.24, 2.45) is 18.7 Å². The summed E-state index contributed by atoms with van der Waals surface area (Å²) < 4.78 is 14.5. The Morgan fingerprint density at radius 2 is 1.94 bits per heavy atom. The zero-order valence-corrected chi connectivity index (χ0v) is 22.3. The SMILES string of the molecule is CC.CNC1CC(=O)N(c2ncc(F)cn2)C1.Cc1c(SC2C=CC(N)C(C=N)C2)cc(C=O)n1C. The van der Waals surface area contributed by atoms with Crippen LogP contribution in [0, 0.1) is 24.1 Å². The van der Waals surface area contributed by atoms with E-state index in [1.54, 1.807) is 18.8 Å². The molecule has 1 aliphatic heterocycles. The van der Waals surface area contributed by atoms with E-state index < -0.39 is 5.82 Å². The lowest BCUT2D eigenvalue weighted by molar-refractivity contribution is -0.117. The molecule has 1 amide bonds. The molecule has 4 unspecified atom stereocenters. The number of nitrogens with one attached hydrogen (secondary N) is 2. The minimum atomic E-state index is -0.504. The van der Waals surface area contributed by atoms with Crippen LogP contribution in [0.5, 0.6) is 0 Å². The topological polar surface area (TPSA) is 130 Å². The van der Waals surface area contributed by atoms with E-state index in [0.29, 0.717) is 23.9 Å². The number of aromatic nitrogens is 3. The van der Waals surface area contributed by atoms with Crippen LogP contribution in [-0.4, -0.2) is 63.9 Å². The molecule has 2 aromatic rings. The van der Waals surface area contributed by atoms with Crippen LogP contribution in [-0.2, 0) is 11.8 Å². The van der Waals surface area contributed by atoms with Crippen LogP contribution in [0.15, 0.2) is 35.5 Å². The van der Waals surface area contributed by atoms with Crippen molar-refractivity contribution in [2.45, 2.75) is 55.8 Å². The summed E-state index contributed by atoms with van der Waals surface area (Å²) in [6.07, 6.45) is 9.83. The number of carbonyl (C=O) groups is 2. The molecule has 36 heavy (non-hydrogen) atoms.